The van der Waals surface area contributed by atoms with E-state index in [1.807, 2.05) is 5.41 Å². The average molecular weight is 538 g/mol. The maximum atomic E-state index is 13.2. The number of carbonyl (C=O) groups is 2. The van der Waals surface area contributed by atoms with E-state index in [9.17, 15) is 22.8 Å². The number of hydrogen-bond acceptors (Lipinski definition) is 7. The van der Waals surface area contributed by atoms with Gasteiger partial charge in [-0.05, 0) is 30.0 Å². The molecule has 3 aliphatic rings. The van der Waals surface area contributed by atoms with Crippen LogP contribution in [-0.2, 0) is 20.5 Å². The third-order valence-corrected chi connectivity index (χ3v) is 7.28. The molecule has 0 radical (unpaired) electrons. The van der Waals surface area contributed by atoms with E-state index in [1.54, 1.807) is 25.9 Å². The molecule has 3 aliphatic heterocycles. The number of fused-ring (bicyclic) bond motifs is 1. The van der Waals surface area contributed by atoms with Gasteiger partial charge >= 0.3 is 6.18 Å². The van der Waals surface area contributed by atoms with E-state index in [0.717, 1.165) is 31.8 Å². The van der Waals surface area contributed by atoms with E-state index in [2.05, 4.69) is 15.2 Å². The summed E-state index contributed by atoms with van der Waals surface area (Å²) in [7, 11) is 3.23. The van der Waals surface area contributed by atoms with Gasteiger partial charge in [-0.2, -0.15) is 13.2 Å². The quantitative estimate of drug-likeness (QED) is 0.576. The Morgan fingerprint density at radius 3 is 2.49 bits per heavy atom. The lowest BCUT2D eigenvalue weighted by Crippen LogP contribution is -2.42. The minimum Gasteiger partial charge on any atom is -0.379 e. The molecule has 0 unspecified atom stereocenters. The number of alkyl halides is 3. The van der Waals surface area contributed by atoms with E-state index in [-0.39, 0.29) is 18.2 Å². The number of aliphatic imine (C=N–C) groups is 1. The molecule has 4 rings (SSSR count). The number of rotatable bonds is 7. The van der Waals surface area contributed by atoms with Gasteiger partial charge in [-0.3, -0.25) is 14.5 Å². The topological polar surface area (TPSA) is 77.5 Å². The van der Waals surface area contributed by atoms with Crippen molar-refractivity contribution in [2.75, 3.05) is 53.5 Å². The normalized spacial score (nSPS) is 20.4. The predicted octanol–water partition coefficient (Wildman–Crippen LogP) is 3.21. The van der Waals surface area contributed by atoms with Gasteiger partial charge in [0.25, 0.3) is 5.91 Å². The molecule has 37 heavy (non-hydrogen) atoms. The molecule has 0 saturated carbocycles. The Morgan fingerprint density at radius 1 is 1.19 bits per heavy atom. The molecule has 3 heterocycles. The van der Waals surface area contributed by atoms with Gasteiger partial charge in [0.05, 0.1) is 42.5 Å². The van der Waals surface area contributed by atoms with Crippen LogP contribution < -0.4 is 5.32 Å². The maximum Gasteiger partial charge on any atom is 0.416 e. The van der Waals surface area contributed by atoms with Gasteiger partial charge in [0.15, 0.2) is 5.17 Å². The van der Waals surface area contributed by atoms with Gasteiger partial charge < -0.3 is 19.9 Å². The highest BCUT2D eigenvalue weighted by Gasteiger charge is 2.41. The Bertz CT molecular complexity index is 1130. The molecule has 200 valence electrons. The summed E-state index contributed by atoms with van der Waals surface area (Å²) in [6.07, 6.45) is -4.42. The number of hydrogen-bond donors (Lipinski definition) is 1. The summed E-state index contributed by atoms with van der Waals surface area (Å²) in [5.41, 5.74) is 1.22. The van der Waals surface area contributed by atoms with E-state index < -0.39 is 17.8 Å². The van der Waals surface area contributed by atoms with Gasteiger partial charge in [0.2, 0.25) is 5.91 Å². The van der Waals surface area contributed by atoms with Crippen molar-refractivity contribution >= 4 is 28.7 Å². The van der Waals surface area contributed by atoms with Crippen LogP contribution in [0.5, 0.6) is 0 Å². The lowest BCUT2D eigenvalue weighted by molar-refractivity contribution is -0.137. The first kappa shape index (κ1) is 27.2. The van der Waals surface area contributed by atoms with Crippen LogP contribution in [0.25, 0.3) is 0 Å². The number of morpholine rings is 1. The number of allylic oxidation sites excluding steroid dienone is 1. The van der Waals surface area contributed by atoms with Gasteiger partial charge in [-0.1, -0.05) is 23.9 Å². The molecular weight excluding hydrogens is 507 g/mol. The van der Waals surface area contributed by atoms with Crippen LogP contribution >= 0.6 is 11.8 Å². The summed E-state index contributed by atoms with van der Waals surface area (Å²) in [6.45, 7) is 5.95. The molecule has 0 aliphatic carbocycles. The summed E-state index contributed by atoms with van der Waals surface area (Å²) >= 11 is 1.33. The number of carbonyl (C=O) groups excluding carboxylic acids is 2. The molecule has 0 bridgehead atoms. The van der Waals surface area contributed by atoms with Crippen LogP contribution in [0.2, 0.25) is 0 Å². The number of likely N-dealkylation sites (N-methyl/N-ethyl adjacent to an activating group) is 1. The Kier molecular flexibility index (Phi) is 8.29. The lowest BCUT2D eigenvalue weighted by Gasteiger charge is -2.37. The van der Waals surface area contributed by atoms with E-state index in [1.165, 1.54) is 28.8 Å². The molecule has 1 atom stereocenters. The summed E-state index contributed by atoms with van der Waals surface area (Å²) in [5.74, 6) is -0.476. The largest absolute Gasteiger partial charge is 0.416 e. The summed E-state index contributed by atoms with van der Waals surface area (Å²) in [5, 5.41) is 5.33. The smallest absolute Gasteiger partial charge is 0.379 e. The van der Waals surface area contributed by atoms with Crippen molar-refractivity contribution < 1.29 is 27.5 Å². The van der Waals surface area contributed by atoms with Crippen molar-refractivity contribution in [2.45, 2.75) is 25.6 Å². The standard InChI is InChI=1S/C25H30F3N5O3S/c1-16-21(23(35)31(2)3)22(17-4-6-18(7-5-17)25(26,27)28)33-19(15-37-24(33)30-16)14-20(34)29-8-9-32-10-12-36-13-11-32/h4-7,15,22H,8-14H2,1-3H3,(H,29,34)/t22-/m0/s1. The number of benzene rings is 1. The number of halogens is 3. The summed E-state index contributed by atoms with van der Waals surface area (Å²) in [6, 6.07) is 4.08. The van der Waals surface area contributed by atoms with Gasteiger partial charge in [0.1, 0.15) is 0 Å². The zero-order chi connectivity index (χ0) is 26.7. The van der Waals surface area contributed by atoms with Crippen molar-refractivity contribution in [3.63, 3.8) is 0 Å². The average Bonchev–Trinajstić information content (AvgIpc) is 3.24. The fourth-order valence-electron chi connectivity index (χ4n) is 4.46. The highest BCUT2D eigenvalue weighted by molar-refractivity contribution is 8.16. The zero-order valence-electron chi connectivity index (χ0n) is 21.0. The Hall–Kier alpha value is -2.83. The molecule has 1 aromatic carbocycles. The number of ether oxygens (including phenoxy) is 1. The number of nitrogens with zero attached hydrogens (tertiary/aromatic N) is 4. The fourth-order valence-corrected chi connectivity index (χ4v) is 5.42. The molecule has 0 aromatic heterocycles. The molecule has 1 fully saturated rings. The number of amidine groups is 1. The number of thioether (sulfide) groups is 1. The van der Waals surface area contributed by atoms with E-state index >= 15 is 0 Å². The number of amides is 2. The fraction of sp³-hybridized carbons (Fsp3) is 0.480. The van der Waals surface area contributed by atoms with Crippen LogP contribution in [0.1, 0.15) is 30.5 Å². The van der Waals surface area contributed by atoms with Crippen molar-refractivity contribution in [1.29, 1.82) is 0 Å². The molecule has 12 heteroatoms. The van der Waals surface area contributed by atoms with E-state index in [4.69, 9.17) is 4.74 Å². The second kappa shape index (κ2) is 11.3. The monoisotopic (exact) mass is 537 g/mol. The second-order valence-corrected chi connectivity index (χ2v) is 10.0. The number of nitrogens with one attached hydrogen (secondary N) is 1. The van der Waals surface area contributed by atoms with Crippen molar-refractivity contribution in [3.05, 3.63) is 57.8 Å². The van der Waals surface area contributed by atoms with Crippen LogP contribution in [-0.4, -0.2) is 85.2 Å². The van der Waals surface area contributed by atoms with Crippen LogP contribution in [0.4, 0.5) is 13.2 Å². The third kappa shape index (κ3) is 6.19. The van der Waals surface area contributed by atoms with Gasteiger partial charge in [-0.25, -0.2) is 4.99 Å². The van der Waals surface area contributed by atoms with Crippen LogP contribution in [0, 0.1) is 0 Å². The third-order valence-electron chi connectivity index (χ3n) is 6.39. The van der Waals surface area contributed by atoms with Crippen molar-refractivity contribution in [3.8, 4) is 0 Å². The Labute approximate surface area is 218 Å². The van der Waals surface area contributed by atoms with Crippen molar-refractivity contribution in [2.24, 2.45) is 4.99 Å². The molecule has 1 N–H and O–H groups in total. The molecule has 1 saturated heterocycles. The first-order chi connectivity index (χ1) is 17.6. The van der Waals surface area contributed by atoms with Gasteiger partial charge in [-0.15, -0.1) is 0 Å². The lowest BCUT2D eigenvalue weighted by atomic mass is 9.92. The summed E-state index contributed by atoms with van der Waals surface area (Å²) < 4.78 is 45.0. The molecule has 1 aromatic rings. The predicted molar refractivity (Wildman–Crippen MR) is 135 cm³/mol. The van der Waals surface area contributed by atoms with Crippen LogP contribution in [0.3, 0.4) is 0 Å². The highest BCUT2D eigenvalue weighted by Crippen LogP contribution is 2.45. The maximum absolute atomic E-state index is 13.2. The highest BCUT2D eigenvalue weighted by atomic mass is 32.2. The first-order valence-corrected chi connectivity index (χ1v) is 12.8. The van der Waals surface area contributed by atoms with Crippen molar-refractivity contribution in [1.82, 2.24) is 20.0 Å². The Balaban J connectivity index is 1.56. The molecular formula is C25H30F3N5O3S. The summed E-state index contributed by atoms with van der Waals surface area (Å²) in [4.78, 5) is 36.0. The first-order valence-electron chi connectivity index (χ1n) is 12.0. The van der Waals surface area contributed by atoms with Gasteiger partial charge in [0, 0.05) is 46.0 Å². The Morgan fingerprint density at radius 2 is 1.86 bits per heavy atom. The minimum absolute atomic E-state index is 0.0503. The molecule has 0 spiro atoms. The minimum atomic E-state index is -4.47. The SMILES string of the molecule is CC1=C(C(=O)N(C)C)[C@H](c2ccc(C(F)(F)F)cc2)N2C(CC(=O)NCCN3CCOCC3)=CSC2=N1. The second-order valence-electron chi connectivity index (χ2n) is 9.19. The molecule has 8 nitrogen and oxygen atoms in total. The van der Waals surface area contributed by atoms with Crippen LogP contribution in [0.15, 0.2) is 51.6 Å². The molecule has 2 amide bonds. The van der Waals surface area contributed by atoms with E-state index in [0.29, 0.717) is 47.5 Å². The zero-order valence-corrected chi connectivity index (χ0v) is 21.8.